The largest absolute Gasteiger partial charge is 0.233 e. The van der Waals surface area contributed by atoms with E-state index in [1.165, 1.54) is 35.3 Å². The van der Waals surface area contributed by atoms with E-state index in [4.69, 9.17) is 0 Å². The highest BCUT2D eigenvalue weighted by Crippen LogP contribution is 2.40. The van der Waals surface area contributed by atoms with Crippen LogP contribution in [-0.2, 0) is 0 Å². The molecule has 1 aromatic carbocycles. The monoisotopic (exact) mass is 200 g/mol. The van der Waals surface area contributed by atoms with Crippen molar-refractivity contribution in [2.75, 3.05) is 0 Å². The highest BCUT2D eigenvalue weighted by molar-refractivity contribution is 7.07. The Morgan fingerprint density at radius 3 is 2.57 bits per heavy atom. The van der Waals surface area contributed by atoms with Crippen LogP contribution in [0.1, 0.15) is 24.3 Å². The zero-order valence-electron chi connectivity index (χ0n) is 7.73. The van der Waals surface area contributed by atoms with Crippen LogP contribution in [0.4, 0.5) is 0 Å². The van der Waals surface area contributed by atoms with Crippen LogP contribution in [0.25, 0.3) is 11.3 Å². The van der Waals surface area contributed by atoms with E-state index in [2.05, 4.69) is 34.8 Å². The standard InChI is InChI=1S/C12H10NS/c1-2-9(1)10-3-5-11(6-4-10)12-7-14-8-13-12/h3-7,9H,1-2H2. The summed E-state index contributed by atoms with van der Waals surface area (Å²) in [7, 11) is 0. The Bertz CT molecular complexity index is 412. The van der Waals surface area contributed by atoms with E-state index in [1.54, 1.807) is 0 Å². The molecule has 1 nitrogen and oxygen atoms in total. The van der Waals surface area contributed by atoms with E-state index in [0.29, 0.717) is 0 Å². The summed E-state index contributed by atoms with van der Waals surface area (Å²) < 4.78 is 0. The lowest BCUT2D eigenvalue weighted by molar-refractivity contribution is 1.13. The van der Waals surface area contributed by atoms with Crippen molar-refractivity contribution in [3.63, 3.8) is 0 Å². The van der Waals surface area contributed by atoms with Crippen molar-refractivity contribution < 1.29 is 0 Å². The lowest BCUT2D eigenvalue weighted by Gasteiger charge is -1.99. The highest BCUT2D eigenvalue weighted by atomic mass is 32.1. The Hall–Kier alpha value is -1.15. The van der Waals surface area contributed by atoms with Gasteiger partial charge in [0.15, 0.2) is 5.51 Å². The van der Waals surface area contributed by atoms with Crippen molar-refractivity contribution in [2.45, 2.75) is 18.8 Å². The van der Waals surface area contributed by atoms with Crippen LogP contribution < -0.4 is 0 Å². The third-order valence-electron chi connectivity index (χ3n) is 2.64. The van der Waals surface area contributed by atoms with Gasteiger partial charge in [0.1, 0.15) is 0 Å². The summed E-state index contributed by atoms with van der Waals surface area (Å²) in [6.45, 7) is 0. The number of rotatable bonds is 2. The first-order valence-corrected chi connectivity index (χ1v) is 5.73. The van der Waals surface area contributed by atoms with Gasteiger partial charge in [-0.2, -0.15) is 0 Å². The summed E-state index contributed by atoms with van der Waals surface area (Å²) in [5, 5.41) is 2.03. The Morgan fingerprint density at radius 2 is 2.00 bits per heavy atom. The molecule has 0 unspecified atom stereocenters. The van der Waals surface area contributed by atoms with Gasteiger partial charge in [-0.05, 0) is 24.3 Å². The van der Waals surface area contributed by atoms with Crippen LogP contribution in [0, 0.1) is 5.51 Å². The van der Waals surface area contributed by atoms with E-state index >= 15 is 0 Å². The normalized spacial score (nSPS) is 15.7. The Morgan fingerprint density at radius 1 is 1.21 bits per heavy atom. The van der Waals surface area contributed by atoms with Gasteiger partial charge in [-0.3, -0.25) is 0 Å². The molecule has 0 atom stereocenters. The molecule has 3 rings (SSSR count). The van der Waals surface area contributed by atoms with E-state index in [-0.39, 0.29) is 0 Å². The van der Waals surface area contributed by atoms with Crippen molar-refractivity contribution in [3.05, 3.63) is 40.7 Å². The molecule has 1 heterocycles. The Labute approximate surface area is 87.4 Å². The van der Waals surface area contributed by atoms with E-state index in [0.717, 1.165) is 11.6 Å². The maximum Gasteiger partial charge on any atom is 0.152 e. The maximum atomic E-state index is 4.17. The molecule has 2 aromatic rings. The fourth-order valence-corrected chi connectivity index (χ4v) is 2.16. The van der Waals surface area contributed by atoms with E-state index < -0.39 is 0 Å². The van der Waals surface area contributed by atoms with Gasteiger partial charge in [-0.15, -0.1) is 11.3 Å². The average Bonchev–Trinajstić information content (AvgIpc) is 2.94. The lowest BCUT2D eigenvalue weighted by atomic mass is 10.1. The highest BCUT2D eigenvalue weighted by Gasteiger charge is 2.22. The van der Waals surface area contributed by atoms with Crippen molar-refractivity contribution in [2.24, 2.45) is 0 Å². The maximum absolute atomic E-state index is 4.17. The first-order chi connectivity index (χ1) is 6.93. The quantitative estimate of drug-likeness (QED) is 0.723. The van der Waals surface area contributed by atoms with Crippen LogP contribution in [0.5, 0.6) is 0 Å². The smallest absolute Gasteiger partial charge is 0.152 e. The molecule has 0 N–H and O–H groups in total. The second-order valence-electron chi connectivity index (χ2n) is 3.72. The molecule has 1 saturated carbocycles. The number of nitrogens with zero attached hydrogens (tertiary/aromatic N) is 1. The predicted molar refractivity (Wildman–Crippen MR) is 58.4 cm³/mol. The Kier molecular flexibility index (Phi) is 1.88. The summed E-state index contributed by atoms with van der Waals surface area (Å²) in [6.07, 6.45) is 2.73. The van der Waals surface area contributed by atoms with Crippen molar-refractivity contribution in [1.29, 1.82) is 0 Å². The zero-order valence-corrected chi connectivity index (χ0v) is 8.55. The zero-order chi connectivity index (χ0) is 9.38. The van der Waals surface area contributed by atoms with Crippen LogP contribution in [-0.4, -0.2) is 4.98 Å². The molecule has 1 aliphatic carbocycles. The average molecular weight is 200 g/mol. The second kappa shape index (κ2) is 3.21. The molecule has 14 heavy (non-hydrogen) atoms. The van der Waals surface area contributed by atoms with Gasteiger partial charge in [0, 0.05) is 10.9 Å². The van der Waals surface area contributed by atoms with Gasteiger partial charge in [-0.1, -0.05) is 24.3 Å². The first-order valence-electron chi connectivity index (χ1n) is 4.85. The van der Waals surface area contributed by atoms with Gasteiger partial charge in [0.05, 0.1) is 5.69 Å². The van der Waals surface area contributed by atoms with E-state index in [1.807, 2.05) is 5.38 Å². The van der Waals surface area contributed by atoms with Gasteiger partial charge in [-0.25, -0.2) is 4.98 Å². The minimum atomic E-state index is 0.839. The topological polar surface area (TPSA) is 12.9 Å². The molecule has 69 valence electrons. The minimum Gasteiger partial charge on any atom is -0.233 e. The van der Waals surface area contributed by atoms with Crippen LogP contribution in [0.2, 0.25) is 0 Å². The molecule has 1 fully saturated rings. The molecule has 0 spiro atoms. The second-order valence-corrected chi connectivity index (χ2v) is 4.37. The molecule has 2 heteroatoms. The fourth-order valence-electron chi connectivity index (χ4n) is 1.66. The third kappa shape index (κ3) is 1.46. The number of benzene rings is 1. The molecule has 1 radical (unpaired) electrons. The molecule has 0 saturated heterocycles. The number of thiazole rings is 1. The molecular weight excluding hydrogens is 190 g/mol. The fraction of sp³-hybridized carbons (Fsp3) is 0.250. The van der Waals surface area contributed by atoms with Crippen LogP contribution in [0.3, 0.4) is 0 Å². The van der Waals surface area contributed by atoms with Crippen LogP contribution >= 0.6 is 11.3 Å². The SMILES string of the molecule is [c]1nc(-c2ccc(C3CC3)cc2)cs1. The molecule has 1 aliphatic rings. The first kappa shape index (κ1) is 8.18. The summed E-state index contributed by atoms with van der Waals surface area (Å²) in [4.78, 5) is 4.17. The molecule has 0 amide bonds. The summed E-state index contributed by atoms with van der Waals surface area (Å²) in [5.41, 5.74) is 6.59. The van der Waals surface area contributed by atoms with Gasteiger partial charge in [0.2, 0.25) is 0 Å². The molecule has 0 bridgehead atoms. The predicted octanol–water partition coefficient (Wildman–Crippen LogP) is 3.49. The number of hydrogen-bond acceptors (Lipinski definition) is 2. The molecule has 0 aliphatic heterocycles. The Balaban J connectivity index is 1.93. The summed E-state index contributed by atoms with van der Waals surface area (Å²) in [5.74, 6) is 0.839. The summed E-state index contributed by atoms with van der Waals surface area (Å²) in [6, 6.07) is 8.78. The van der Waals surface area contributed by atoms with Crippen molar-refractivity contribution in [3.8, 4) is 11.3 Å². The molecule has 1 aromatic heterocycles. The van der Waals surface area contributed by atoms with Gasteiger partial charge >= 0.3 is 0 Å². The van der Waals surface area contributed by atoms with Gasteiger partial charge < -0.3 is 0 Å². The van der Waals surface area contributed by atoms with Crippen molar-refractivity contribution in [1.82, 2.24) is 4.98 Å². The minimum absolute atomic E-state index is 0.839. The number of aromatic nitrogens is 1. The van der Waals surface area contributed by atoms with Crippen molar-refractivity contribution >= 4 is 11.3 Å². The van der Waals surface area contributed by atoms with Gasteiger partial charge in [0.25, 0.3) is 0 Å². The third-order valence-corrected chi connectivity index (χ3v) is 3.18. The summed E-state index contributed by atoms with van der Waals surface area (Å²) >= 11 is 1.52. The van der Waals surface area contributed by atoms with E-state index in [9.17, 15) is 0 Å². The molecular formula is C12H10NS. The van der Waals surface area contributed by atoms with Crippen LogP contribution in [0.15, 0.2) is 29.6 Å². The lowest BCUT2D eigenvalue weighted by Crippen LogP contribution is -1.80. The number of hydrogen-bond donors (Lipinski definition) is 0.